The molecule has 0 spiro atoms. The molecule has 0 aliphatic carbocycles. The molecule has 1 aromatic rings. The number of rotatable bonds is 4. The van der Waals surface area contributed by atoms with Crippen molar-refractivity contribution in [2.45, 2.75) is 27.2 Å². The fourth-order valence-electron chi connectivity index (χ4n) is 1.92. The SMILES string of the molecule is Cc1n[nH]c(C)c1CC(=O)NCC1(C)COC1. The van der Waals surface area contributed by atoms with Gasteiger partial charge in [-0.2, -0.15) is 5.10 Å². The summed E-state index contributed by atoms with van der Waals surface area (Å²) in [6, 6.07) is 0. The molecule has 1 aliphatic rings. The third kappa shape index (κ3) is 2.66. The highest BCUT2D eigenvalue weighted by molar-refractivity contribution is 5.79. The van der Waals surface area contributed by atoms with Crippen molar-refractivity contribution < 1.29 is 9.53 Å². The van der Waals surface area contributed by atoms with Gasteiger partial charge in [0.15, 0.2) is 0 Å². The molecule has 2 rings (SSSR count). The topological polar surface area (TPSA) is 67.0 Å². The molecule has 0 saturated carbocycles. The van der Waals surface area contributed by atoms with E-state index in [0.717, 1.165) is 30.2 Å². The van der Waals surface area contributed by atoms with Gasteiger partial charge in [-0.15, -0.1) is 0 Å². The lowest BCUT2D eigenvalue weighted by atomic mass is 9.88. The maximum Gasteiger partial charge on any atom is 0.224 e. The standard InChI is InChI=1S/C12H19N3O2/c1-8-10(9(2)15-14-8)4-11(16)13-5-12(3)6-17-7-12/h4-7H2,1-3H3,(H,13,16)(H,14,15). The number of hydrogen-bond acceptors (Lipinski definition) is 3. The van der Waals surface area contributed by atoms with Crippen molar-refractivity contribution in [1.82, 2.24) is 15.5 Å². The molecular weight excluding hydrogens is 218 g/mol. The van der Waals surface area contributed by atoms with Crippen LogP contribution in [0.2, 0.25) is 0 Å². The molecule has 1 fully saturated rings. The van der Waals surface area contributed by atoms with Gasteiger partial charge in [0.05, 0.1) is 25.3 Å². The van der Waals surface area contributed by atoms with Gasteiger partial charge in [-0.25, -0.2) is 0 Å². The Morgan fingerprint density at radius 3 is 2.71 bits per heavy atom. The van der Waals surface area contributed by atoms with Crippen molar-refractivity contribution in [3.8, 4) is 0 Å². The van der Waals surface area contributed by atoms with Crippen LogP contribution in [0, 0.1) is 19.3 Å². The molecule has 0 atom stereocenters. The molecule has 1 aromatic heterocycles. The van der Waals surface area contributed by atoms with Crippen molar-refractivity contribution in [3.63, 3.8) is 0 Å². The summed E-state index contributed by atoms with van der Waals surface area (Å²) >= 11 is 0. The van der Waals surface area contributed by atoms with E-state index in [4.69, 9.17) is 4.74 Å². The molecule has 5 heteroatoms. The highest BCUT2D eigenvalue weighted by atomic mass is 16.5. The van der Waals surface area contributed by atoms with Gasteiger partial charge in [0.1, 0.15) is 0 Å². The fraction of sp³-hybridized carbons (Fsp3) is 0.667. The second kappa shape index (κ2) is 4.49. The zero-order valence-corrected chi connectivity index (χ0v) is 10.6. The average molecular weight is 237 g/mol. The summed E-state index contributed by atoms with van der Waals surface area (Å²) in [4.78, 5) is 11.8. The van der Waals surface area contributed by atoms with Gasteiger partial charge in [-0.3, -0.25) is 9.89 Å². The average Bonchev–Trinajstić information content (AvgIpc) is 2.55. The minimum absolute atomic E-state index is 0.0470. The summed E-state index contributed by atoms with van der Waals surface area (Å²) in [7, 11) is 0. The molecule has 0 radical (unpaired) electrons. The second-order valence-electron chi connectivity index (χ2n) is 5.17. The summed E-state index contributed by atoms with van der Waals surface area (Å²) in [6.07, 6.45) is 0.394. The Bertz CT molecular complexity index is 402. The van der Waals surface area contributed by atoms with E-state index >= 15 is 0 Å². The summed E-state index contributed by atoms with van der Waals surface area (Å²) in [6.45, 7) is 8.11. The normalized spacial score (nSPS) is 17.6. The molecule has 1 amide bonds. The lowest BCUT2D eigenvalue weighted by Gasteiger charge is -2.38. The van der Waals surface area contributed by atoms with Crippen LogP contribution in [-0.4, -0.2) is 35.9 Å². The Labute approximate surface area is 101 Å². The largest absolute Gasteiger partial charge is 0.380 e. The van der Waals surface area contributed by atoms with Crippen LogP contribution in [0.4, 0.5) is 0 Å². The Morgan fingerprint density at radius 1 is 1.53 bits per heavy atom. The van der Waals surface area contributed by atoms with Crippen molar-refractivity contribution in [2.75, 3.05) is 19.8 Å². The van der Waals surface area contributed by atoms with E-state index in [2.05, 4.69) is 22.4 Å². The number of ether oxygens (including phenoxy) is 1. The number of hydrogen-bond donors (Lipinski definition) is 2. The van der Waals surface area contributed by atoms with E-state index in [1.54, 1.807) is 0 Å². The molecular formula is C12H19N3O2. The van der Waals surface area contributed by atoms with Crippen molar-refractivity contribution in [3.05, 3.63) is 17.0 Å². The lowest BCUT2D eigenvalue weighted by molar-refractivity contribution is -0.126. The van der Waals surface area contributed by atoms with Gasteiger partial charge < -0.3 is 10.1 Å². The number of nitrogens with one attached hydrogen (secondary N) is 2. The van der Waals surface area contributed by atoms with Crippen LogP contribution in [-0.2, 0) is 16.0 Å². The summed E-state index contributed by atoms with van der Waals surface area (Å²) < 4.78 is 5.15. The molecule has 94 valence electrons. The van der Waals surface area contributed by atoms with Gasteiger partial charge in [-0.05, 0) is 13.8 Å². The molecule has 1 aliphatic heterocycles. The number of carbonyl (C=O) groups is 1. The maximum atomic E-state index is 11.8. The monoisotopic (exact) mass is 237 g/mol. The van der Waals surface area contributed by atoms with Gasteiger partial charge in [0, 0.05) is 23.2 Å². The molecule has 0 aromatic carbocycles. The molecule has 2 heterocycles. The van der Waals surface area contributed by atoms with E-state index < -0.39 is 0 Å². The predicted octanol–water partition coefficient (Wildman–Crippen LogP) is 0.722. The summed E-state index contributed by atoms with van der Waals surface area (Å²) in [5.41, 5.74) is 2.99. The number of nitrogens with zero attached hydrogens (tertiary/aromatic N) is 1. The van der Waals surface area contributed by atoms with Crippen molar-refractivity contribution >= 4 is 5.91 Å². The number of amides is 1. The molecule has 17 heavy (non-hydrogen) atoms. The first kappa shape index (κ1) is 12.1. The minimum atomic E-state index is 0.0470. The zero-order chi connectivity index (χ0) is 12.5. The van der Waals surface area contributed by atoms with Gasteiger partial charge in [0.25, 0.3) is 0 Å². The van der Waals surface area contributed by atoms with E-state index in [1.807, 2.05) is 13.8 Å². The van der Waals surface area contributed by atoms with Crippen molar-refractivity contribution in [1.29, 1.82) is 0 Å². The number of H-pyrrole nitrogens is 1. The van der Waals surface area contributed by atoms with Crippen LogP contribution in [0.1, 0.15) is 23.9 Å². The summed E-state index contributed by atoms with van der Waals surface area (Å²) in [5, 5.41) is 9.92. The van der Waals surface area contributed by atoms with Crippen LogP contribution in [0.3, 0.4) is 0 Å². The first-order valence-corrected chi connectivity index (χ1v) is 5.85. The first-order valence-electron chi connectivity index (χ1n) is 5.85. The fourth-order valence-corrected chi connectivity index (χ4v) is 1.92. The van der Waals surface area contributed by atoms with E-state index in [0.29, 0.717) is 13.0 Å². The molecule has 0 bridgehead atoms. The van der Waals surface area contributed by atoms with E-state index in [1.165, 1.54) is 0 Å². The Hall–Kier alpha value is -1.36. The van der Waals surface area contributed by atoms with Crippen LogP contribution in [0.15, 0.2) is 0 Å². The second-order valence-corrected chi connectivity index (χ2v) is 5.17. The maximum absolute atomic E-state index is 11.8. The van der Waals surface area contributed by atoms with Crippen LogP contribution < -0.4 is 5.32 Å². The predicted molar refractivity (Wildman–Crippen MR) is 63.7 cm³/mol. The van der Waals surface area contributed by atoms with Crippen LogP contribution >= 0.6 is 0 Å². The van der Waals surface area contributed by atoms with Crippen LogP contribution in [0.25, 0.3) is 0 Å². The highest BCUT2D eigenvalue weighted by Crippen LogP contribution is 2.25. The zero-order valence-electron chi connectivity index (χ0n) is 10.6. The van der Waals surface area contributed by atoms with Gasteiger partial charge >= 0.3 is 0 Å². The highest BCUT2D eigenvalue weighted by Gasteiger charge is 2.33. The smallest absolute Gasteiger partial charge is 0.224 e. The quantitative estimate of drug-likeness (QED) is 0.811. The molecule has 2 N–H and O–H groups in total. The molecule has 1 saturated heterocycles. The summed E-state index contributed by atoms with van der Waals surface area (Å²) in [5.74, 6) is 0.0470. The van der Waals surface area contributed by atoms with E-state index in [-0.39, 0.29) is 11.3 Å². The third-order valence-corrected chi connectivity index (χ3v) is 3.23. The van der Waals surface area contributed by atoms with Crippen LogP contribution in [0.5, 0.6) is 0 Å². The van der Waals surface area contributed by atoms with Gasteiger partial charge in [-0.1, -0.05) is 6.92 Å². The number of carbonyl (C=O) groups excluding carboxylic acids is 1. The van der Waals surface area contributed by atoms with Crippen molar-refractivity contribution in [2.24, 2.45) is 5.41 Å². The first-order chi connectivity index (χ1) is 8.00. The van der Waals surface area contributed by atoms with Gasteiger partial charge in [0.2, 0.25) is 5.91 Å². The number of aryl methyl sites for hydroxylation is 2. The Morgan fingerprint density at radius 2 is 2.24 bits per heavy atom. The minimum Gasteiger partial charge on any atom is -0.380 e. The molecule has 0 unspecified atom stereocenters. The number of aromatic nitrogens is 2. The lowest BCUT2D eigenvalue weighted by Crippen LogP contribution is -2.48. The number of aromatic amines is 1. The Kier molecular flexibility index (Phi) is 3.19. The third-order valence-electron chi connectivity index (χ3n) is 3.23. The molecule has 5 nitrogen and oxygen atoms in total. The van der Waals surface area contributed by atoms with E-state index in [9.17, 15) is 4.79 Å². The Balaban J connectivity index is 1.85.